The van der Waals surface area contributed by atoms with Crippen LogP contribution in [0.3, 0.4) is 0 Å². The van der Waals surface area contributed by atoms with E-state index < -0.39 is 11.9 Å². The van der Waals surface area contributed by atoms with Crippen LogP contribution in [0.5, 0.6) is 0 Å². The van der Waals surface area contributed by atoms with Crippen molar-refractivity contribution >= 4 is 27.5 Å². The highest BCUT2D eigenvalue weighted by atomic mass is 79.9. The Balaban J connectivity index is 2.92. The highest BCUT2D eigenvalue weighted by molar-refractivity contribution is 9.10. The maximum atomic E-state index is 13.4. The van der Waals surface area contributed by atoms with E-state index in [4.69, 9.17) is 5.73 Å². The molecule has 5 heteroatoms. The van der Waals surface area contributed by atoms with Crippen LogP contribution in [-0.2, 0) is 4.79 Å². The molecule has 0 unspecified atom stereocenters. The molecule has 0 spiro atoms. The van der Waals surface area contributed by atoms with Crippen molar-refractivity contribution in [3.05, 3.63) is 28.0 Å². The summed E-state index contributed by atoms with van der Waals surface area (Å²) in [6, 6.07) is 2.25. The highest BCUT2D eigenvalue weighted by Gasteiger charge is 2.27. The van der Waals surface area contributed by atoms with E-state index in [0.29, 0.717) is 10.2 Å². The van der Waals surface area contributed by atoms with Gasteiger partial charge in [-0.3, -0.25) is 4.79 Å². The monoisotopic (exact) mass is 316 g/mol. The van der Waals surface area contributed by atoms with Crippen molar-refractivity contribution in [3.8, 4) is 0 Å². The van der Waals surface area contributed by atoms with Crippen molar-refractivity contribution in [3.63, 3.8) is 0 Å². The number of hydrogen-bond donors (Lipinski definition) is 2. The SMILES string of the molecule is Cc1cc(Br)c(F)cc1NC(=O)[C@@H](N)C(C)(C)C. The van der Waals surface area contributed by atoms with Crippen LogP contribution in [0.15, 0.2) is 16.6 Å². The molecule has 1 aromatic carbocycles. The number of carbonyl (C=O) groups is 1. The van der Waals surface area contributed by atoms with E-state index in [2.05, 4.69) is 21.2 Å². The molecule has 1 atom stereocenters. The summed E-state index contributed by atoms with van der Waals surface area (Å²) < 4.78 is 13.8. The van der Waals surface area contributed by atoms with Crippen molar-refractivity contribution in [2.24, 2.45) is 11.1 Å². The number of benzene rings is 1. The maximum absolute atomic E-state index is 13.4. The largest absolute Gasteiger partial charge is 0.324 e. The van der Waals surface area contributed by atoms with Gasteiger partial charge in [-0.1, -0.05) is 20.8 Å². The Kier molecular flexibility index (Phi) is 4.50. The van der Waals surface area contributed by atoms with Crippen LogP contribution in [0.1, 0.15) is 26.3 Å². The molecule has 18 heavy (non-hydrogen) atoms. The number of halogens is 2. The molecule has 0 saturated carbocycles. The smallest absolute Gasteiger partial charge is 0.241 e. The molecule has 0 aromatic heterocycles. The fourth-order valence-corrected chi connectivity index (χ4v) is 1.84. The normalized spacial score (nSPS) is 13.3. The summed E-state index contributed by atoms with van der Waals surface area (Å²) in [5, 5.41) is 2.66. The summed E-state index contributed by atoms with van der Waals surface area (Å²) in [6.07, 6.45) is 0. The zero-order valence-electron chi connectivity index (χ0n) is 11.0. The molecular formula is C13H18BrFN2O. The quantitative estimate of drug-likeness (QED) is 0.880. The first kappa shape index (κ1) is 15.1. The van der Waals surface area contributed by atoms with Crippen LogP contribution in [0.25, 0.3) is 0 Å². The van der Waals surface area contributed by atoms with Crippen molar-refractivity contribution < 1.29 is 9.18 Å². The number of nitrogens with two attached hydrogens (primary N) is 1. The minimum Gasteiger partial charge on any atom is -0.324 e. The molecule has 0 aliphatic rings. The Bertz CT molecular complexity index is 469. The molecule has 1 rings (SSSR count). The summed E-state index contributed by atoms with van der Waals surface area (Å²) in [4.78, 5) is 11.9. The third-order valence-corrected chi connectivity index (χ3v) is 3.35. The van der Waals surface area contributed by atoms with E-state index >= 15 is 0 Å². The minimum atomic E-state index is -0.649. The van der Waals surface area contributed by atoms with Gasteiger partial charge in [-0.2, -0.15) is 0 Å². The zero-order valence-corrected chi connectivity index (χ0v) is 12.6. The van der Waals surface area contributed by atoms with Gasteiger partial charge < -0.3 is 11.1 Å². The van der Waals surface area contributed by atoms with Crippen molar-refractivity contribution in [2.75, 3.05) is 5.32 Å². The molecule has 100 valence electrons. The summed E-state index contributed by atoms with van der Waals surface area (Å²) in [5.41, 5.74) is 6.72. The Hall–Kier alpha value is -0.940. The van der Waals surface area contributed by atoms with Gasteiger partial charge in [0.05, 0.1) is 10.5 Å². The fraction of sp³-hybridized carbons (Fsp3) is 0.462. The minimum absolute atomic E-state index is 0.313. The van der Waals surface area contributed by atoms with E-state index in [1.807, 2.05) is 20.8 Å². The van der Waals surface area contributed by atoms with Gasteiger partial charge in [0, 0.05) is 5.69 Å². The van der Waals surface area contributed by atoms with Crippen LogP contribution in [0, 0.1) is 18.2 Å². The second-order valence-electron chi connectivity index (χ2n) is 5.41. The third kappa shape index (κ3) is 3.53. The number of rotatable bonds is 2. The number of amides is 1. The summed E-state index contributed by atoms with van der Waals surface area (Å²) in [5.74, 6) is -0.729. The summed E-state index contributed by atoms with van der Waals surface area (Å²) >= 11 is 3.09. The van der Waals surface area contributed by atoms with Gasteiger partial charge in [-0.15, -0.1) is 0 Å². The lowest BCUT2D eigenvalue weighted by molar-refractivity contribution is -0.119. The van der Waals surface area contributed by atoms with Crippen LogP contribution < -0.4 is 11.1 Å². The van der Waals surface area contributed by atoms with Crippen LogP contribution in [-0.4, -0.2) is 11.9 Å². The topological polar surface area (TPSA) is 55.1 Å². The van der Waals surface area contributed by atoms with Gasteiger partial charge in [0.1, 0.15) is 5.82 Å². The zero-order chi connectivity index (χ0) is 14.1. The summed E-state index contributed by atoms with van der Waals surface area (Å²) in [6.45, 7) is 7.44. The van der Waals surface area contributed by atoms with Crippen molar-refractivity contribution in [2.45, 2.75) is 33.7 Å². The van der Waals surface area contributed by atoms with Crippen LogP contribution in [0.2, 0.25) is 0 Å². The lowest BCUT2D eigenvalue weighted by Gasteiger charge is -2.26. The number of anilines is 1. The second-order valence-corrected chi connectivity index (χ2v) is 6.27. The lowest BCUT2D eigenvalue weighted by Crippen LogP contribution is -2.45. The van der Waals surface area contributed by atoms with E-state index in [1.54, 1.807) is 13.0 Å². The van der Waals surface area contributed by atoms with Crippen molar-refractivity contribution in [1.29, 1.82) is 0 Å². The maximum Gasteiger partial charge on any atom is 0.241 e. The summed E-state index contributed by atoms with van der Waals surface area (Å²) in [7, 11) is 0. The predicted molar refractivity (Wildman–Crippen MR) is 74.9 cm³/mol. The molecule has 0 bridgehead atoms. The molecule has 0 heterocycles. The Morgan fingerprint density at radius 3 is 2.50 bits per heavy atom. The molecule has 0 aliphatic carbocycles. The standard InChI is InChI=1S/C13H18BrFN2O/c1-7-5-8(14)9(15)6-10(7)17-12(18)11(16)13(2,3)4/h5-6,11H,16H2,1-4H3,(H,17,18)/t11-/m1/s1. The highest BCUT2D eigenvalue weighted by Crippen LogP contribution is 2.25. The first-order valence-corrected chi connectivity index (χ1v) is 6.44. The molecule has 0 aliphatic heterocycles. The van der Waals surface area contributed by atoms with Crippen molar-refractivity contribution in [1.82, 2.24) is 0 Å². The van der Waals surface area contributed by atoms with Gasteiger partial charge in [-0.25, -0.2) is 4.39 Å². The molecule has 0 radical (unpaired) electrons. The Morgan fingerprint density at radius 1 is 1.44 bits per heavy atom. The molecule has 0 fully saturated rings. The predicted octanol–water partition coefficient (Wildman–Crippen LogP) is 3.21. The van der Waals surface area contributed by atoms with Gasteiger partial charge >= 0.3 is 0 Å². The van der Waals surface area contributed by atoms with Gasteiger partial charge in [-0.05, 0) is 46.0 Å². The first-order valence-electron chi connectivity index (χ1n) is 5.65. The molecule has 1 amide bonds. The van der Waals surface area contributed by atoms with Gasteiger partial charge in [0.15, 0.2) is 0 Å². The first-order chi connectivity index (χ1) is 8.12. The average Bonchev–Trinajstić information content (AvgIpc) is 2.23. The molecular weight excluding hydrogens is 299 g/mol. The van der Waals surface area contributed by atoms with Gasteiger partial charge in [0.25, 0.3) is 0 Å². The van der Waals surface area contributed by atoms with E-state index in [9.17, 15) is 9.18 Å². The average molecular weight is 317 g/mol. The molecule has 3 N–H and O–H groups in total. The number of carbonyl (C=O) groups excluding carboxylic acids is 1. The van der Waals surface area contributed by atoms with Gasteiger partial charge in [0.2, 0.25) is 5.91 Å². The van der Waals surface area contributed by atoms with E-state index in [1.165, 1.54) is 6.07 Å². The van der Waals surface area contributed by atoms with Crippen LogP contribution in [0.4, 0.5) is 10.1 Å². The second kappa shape index (κ2) is 5.36. The third-order valence-electron chi connectivity index (χ3n) is 2.74. The number of nitrogens with one attached hydrogen (secondary N) is 1. The number of hydrogen-bond acceptors (Lipinski definition) is 2. The lowest BCUT2D eigenvalue weighted by atomic mass is 9.87. The van der Waals surface area contributed by atoms with E-state index in [-0.39, 0.29) is 11.3 Å². The van der Waals surface area contributed by atoms with Crippen LogP contribution >= 0.6 is 15.9 Å². The molecule has 3 nitrogen and oxygen atoms in total. The Labute approximate surface area is 115 Å². The molecule has 0 saturated heterocycles. The Morgan fingerprint density at radius 2 is 2.00 bits per heavy atom. The number of aryl methyl sites for hydroxylation is 1. The van der Waals surface area contributed by atoms with E-state index in [0.717, 1.165) is 5.56 Å². The fourth-order valence-electron chi connectivity index (χ4n) is 1.38. The molecule has 1 aromatic rings.